The minimum atomic E-state index is -0.105. The number of nitrogens with zero attached hydrogens (tertiary/aromatic N) is 2. The van der Waals surface area contributed by atoms with Crippen LogP contribution in [0.15, 0.2) is 29.5 Å². The van der Waals surface area contributed by atoms with Crippen molar-refractivity contribution in [1.82, 2.24) is 4.98 Å². The molecule has 2 N–H and O–H groups in total. The van der Waals surface area contributed by atoms with Gasteiger partial charge in [0.1, 0.15) is 0 Å². The van der Waals surface area contributed by atoms with Crippen LogP contribution in [0.4, 0.5) is 0 Å². The highest BCUT2D eigenvalue weighted by atomic mass is 14.9. The summed E-state index contributed by atoms with van der Waals surface area (Å²) >= 11 is 0. The predicted octanol–water partition coefficient (Wildman–Crippen LogP) is 1.78. The van der Waals surface area contributed by atoms with Gasteiger partial charge in [0, 0.05) is 18.8 Å². The lowest BCUT2D eigenvalue weighted by molar-refractivity contribution is 0.581. The van der Waals surface area contributed by atoms with Gasteiger partial charge in [-0.3, -0.25) is 9.98 Å². The topological polar surface area (TPSA) is 51.3 Å². The van der Waals surface area contributed by atoms with Crippen LogP contribution in [-0.4, -0.2) is 16.4 Å². The van der Waals surface area contributed by atoms with E-state index in [9.17, 15) is 0 Å². The SMILES string of the molecule is CC(C)(C)N=C(N)Cc1cccnc1. The first-order valence-corrected chi connectivity index (χ1v) is 4.70. The highest BCUT2D eigenvalue weighted by molar-refractivity contribution is 5.82. The zero-order chi connectivity index (χ0) is 10.6. The van der Waals surface area contributed by atoms with E-state index in [-0.39, 0.29) is 5.54 Å². The molecule has 1 rings (SSSR count). The highest BCUT2D eigenvalue weighted by Crippen LogP contribution is 2.07. The first-order valence-electron chi connectivity index (χ1n) is 4.70. The number of nitrogens with two attached hydrogens (primary N) is 1. The monoisotopic (exact) mass is 191 g/mol. The molecule has 1 heterocycles. The van der Waals surface area contributed by atoms with Gasteiger partial charge in [-0.2, -0.15) is 0 Å². The molecule has 76 valence electrons. The molecule has 0 aliphatic rings. The molecule has 0 aromatic carbocycles. The van der Waals surface area contributed by atoms with E-state index in [1.165, 1.54) is 0 Å². The number of hydrogen-bond acceptors (Lipinski definition) is 2. The van der Waals surface area contributed by atoms with Gasteiger partial charge in [0.2, 0.25) is 0 Å². The Balaban J connectivity index is 2.67. The highest BCUT2D eigenvalue weighted by Gasteiger charge is 2.08. The van der Waals surface area contributed by atoms with Gasteiger partial charge in [-0.15, -0.1) is 0 Å². The number of rotatable bonds is 2. The molecule has 3 heteroatoms. The Hall–Kier alpha value is -1.38. The number of pyridine rings is 1. The van der Waals surface area contributed by atoms with Crippen molar-refractivity contribution >= 4 is 5.84 Å². The third-order valence-corrected chi connectivity index (χ3v) is 1.59. The molecule has 0 aliphatic carbocycles. The third-order valence-electron chi connectivity index (χ3n) is 1.59. The Morgan fingerprint density at radius 2 is 2.21 bits per heavy atom. The minimum Gasteiger partial charge on any atom is -0.387 e. The molecule has 0 fully saturated rings. The van der Waals surface area contributed by atoms with Gasteiger partial charge in [0.25, 0.3) is 0 Å². The molecule has 0 amide bonds. The lowest BCUT2D eigenvalue weighted by Crippen LogP contribution is -2.22. The lowest BCUT2D eigenvalue weighted by Gasteiger charge is -2.13. The van der Waals surface area contributed by atoms with Crippen molar-refractivity contribution in [3.8, 4) is 0 Å². The molecular formula is C11H17N3. The summed E-state index contributed by atoms with van der Waals surface area (Å²) in [6.45, 7) is 6.09. The van der Waals surface area contributed by atoms with Crippen LogP contribution in [0.2, 0.25) is 0 Å². The van der Waals surface area contributed by atoms with Crippen LogP contribution in [0, 0.1) is 0 Å². The van der Waals surface area contributed by atoms with Crippen LogP contribution in [-0.2, 0) is 6.42 Å². The summed E-state index contributed by atoms with van der Waals surface area (Å²) in [7, 11) is 0. The molecule has 0 unspecified atom stereocenters. The van der Waals surface area contributed by atoms with Crippen LogP contribution in [0.1, 0.15) is 26.3 Å². The van der Waals surface area contributed by atoms with Crippen molar-refractivity contribution in [1.29, 1.82) is 0 Å². The van der Waals surface area contributed by atoms with E-state index in [2.05, 4.69) is 9.98 Å². The smallest absolute Gasteiger partial charge is 0.0988 e. The Morgan fingerprint density at radius 1 is 1.50 bits per heavy atom. The quantitative estimate of drug-likeness (QED) is 0.572. The number of aliphatic imine (C=N–C) groups is 1. The fraction of sp³-hybridized carbons (Fsp3) is 0.455. The predicted molar refractivity (Wildman–Crippen MR) is 59.3 cm³/mol. The molecule has 1 aromatic rings. The summed E-state index contributed by atoms with van der Waals surface area (Å²) in [4.78, 5) is 8.39. The second kappa shape index (κ2) is 4.22. The lowest BCUT2D eigenvalue weighted by atomic mass is 10.1. The van der Waals surface area contributed by atoms with Gasteiger partial charge in [-0.05, 0) is 32.4 Å². The summed E-state index contributed by atoms with van der Waals surface area (Å²) in [5.41, 5.74) is 6.80. The molecule has 1 aromatic heterocycles. The summed E-state index contributed by atoms with van der Waals surface area (Å²) in [6, 6.07) is 3.90. The van der Waals surface area contributed by atoms with Crippen LogP contribution >= 0.6 is 0 Å². The Bertz CT molecular complexity index is 309. The van der Waals surface area contributed by atoms with E-state index in [0.717, 1.165) is 5.56 Å². The van der Waals surface area contributed by atoms with Crippen LogP contribution in [0.25, 0.3) is 0 Å². The normalized spacial score (nSPS) is 12.9. The van der Waals surface area contributed by atoms with Crippen LogP contribution < -0.4 is 5.73 Å². The van der Waals surface area contributed by atoms with Crippen molar-refractivity contribution in [2.75, 3.05) is 0 Å². The van der Waals surface area contributed by atoms with Crippen molar-refractivity contribution in [2.45, 2.75) is 32.7 Å². The Labute approximate surface area is 85.1 Å². The second-order valence-electron chi connectivity index (χ2n) is 4.31. The maximum atomic E-state index is 5.81. The molecule has 0 aliphatic heterocycles. The second-order valence-corrected chi connectivity index (χ2v) is 4.31. The van der Waals surface area contributed by atoms with Gasteiger partial charge in [-0.1, -0.05) is 6.07 Å². The molecule has 14 heavy (non-hydrogen) atoms. The zero-order valence-corrected chi connectivity index (χ0v) is 8.99. The molecular weight excluding hydrogens is 174 g/mol. The average Bonchev–Trinajstić information content (AvgIpc) is 2.02. The molecule has 0 saturated heterocycles. The Kier molecular flexibility index (Phi) is 3.23. The van der Waals surface area contributed by atoms with Gasteiger partial charge < -0.3 is 5.73 Å². The summed E-state index contributed by atoms with van der Waals surface area (Å²) in [5, 5.41) is 0. The van der Waals surface area contributed by atoms with Gasteiger partial charge in [-0.25, -0.2) is 0 Å². The summed E-state index contributed by atoms with van der Waals surface area (Å²) in [5.74, 6) is 0.658. The van der Waals surface area contributed by atoms with E-state index in [1.807, 2.05) is 39.1 Å². The number of hydrogen-bond donors (Lipinski definition) is 1. The van der Waals surface area contributed by atoms with Gasteiger partial charge in [0.15, 0.2) is 0 Å². The maximum Gasteiger partial charge on any atom is 0.0988 e. The van der Waals surface area contributed by atoms with E-state index in [0.29, 0.717) is 12.3 Å². The molecule has 0 spiro atoms. The van der Waals surface area contributed by atoms with E-state index in [4.69, 9.17) is 5.73 Å². The molecule has 0 radical (unpaired) electrons. The molecule has 3 nitrogen and oxygen atoms in total. The first-order chi connectivity index (χ1) is 6.47. The standard InChI is InChI=1S/C11H17N3/c1-11(2,3)14-10(12)7-9-5-4-6-13-8-9/h4-6,8H,7H2,1-3H3,(H2,12,14). The number of amidine groups is 1. The summed E-state index contributed by atoms with van der Waals surface area (Å²) in [6.07, 6.45) is 4.23. The van der Waals surface area contributed by atoms with E-state index < -0.39 is 0 Å². The van der Waals surface area contributed by atoms with Crippen molar-refractivity contribution in [2.24, 2.45) is 10.7 Å². The zero-order valence-electron chi connectivity index (χ0n) is 8.99. The minimum absolute atomic E-state index is 0.105. The van der Waals surface area contributed by atoms with Gasteiger partial charge in [0.05, 0.1) is 11.4 Å². The van der Waals surface area contributed by atoms with Crippen LogP contribution in [0.5, 0.6) is 0 Å². The fourth-order valence-electron chi connectivity index (χ4n) is 1.18. The average molecular weight is 191 g/mol. The van der Waals surface area contributed by atoms with Crippen molar-refractivity contribution in [3.63, 3.8) is 0 Å². The van der Waals surface area contributed by atoms with Crippen molar-refractivity contribution < 1.29 is 0 Å². The summed E-state index contributed by atoms with van der Waals surface area (Å²) < 4.78 is 0. The number of aromatic nitrogens is 1. The van der Waals surface area contributed by atoms with E-state index >= 15 is 0 Å². The van der Waals surface area contributed by atoms with E-state index in [1.54, 1.807) is 6.20 Å². The molecule has 0 bridgehead atoms. The van der Waals surface area contributed by atoms with Crippen LogP contribution in [0.3, 0.4) is 0 Å². The molecule has 0 atom stereocenters. The fourth-order valence-corrected chi connectivity index (χ4v) is 1.18. The maximum absolute atomic E-state index is 5.81. The molecule has 0 saturated carbocycles. The van der Waals surface area contributed by atoms with Gasteiger partial charge >= 0.3 is 0 Å². The Morgan fingerprint density at radius 3 is 2.71 bits per heavy atom. The van der Waals surface area contributed by atoms with Crippen molar-refractivity contribution in [3.05, 3.63) is 30.1 Å². The largest absolute Gasteiger partial charge is 0.387 e. The first kappa shape index (κ1) is 10.7. The third kappa shape index (κ3) is 4.03.